The SMILES string of the molecule is Cc1nc(C)c(C(N)c2cnccc2C(F)(F)F)s1. The fraction of sp³-hybridized carbons (Fsp3) is 0.333. The third-order valence-electron chi connectivity index (χ3n) is 2.71. The van der Waals surface area contributed by atoms with Crippen molar-refractivity contribution in [1.29, 1.82) is 0 Å². The lowest BCUT2D eigenvalue weighted by Crippen LogP contribution is -2.18. The number of hydrogen-bond acceptors (Lipinski definition) is 4. The summed E-state index contributed by atoms with van der Waals surface area (Å²) in [6.45, 7) is 3.53. The zero-order chi connectivity index (χ0) is 14.2. The van der Waals surface area contributed by atoms with Gasteiger partial charge in [0.15, 0.2) is 0 Å². The molecular weight excluding hydrogens is 275 g/mol. The fourth-order valence-corrected chi connectivity index (χ4v) is 2.84. The molecule has 1 atom stereocenters. The molecule has 1 unspecified atom stereocenters. The Morgan fingerprint density at radius 1 is 1.32 bits per heavy atom. The smallest absolute Gasteiger partial charge is 0.319 e. The minimum absolute atomic E-state index is 0.0262. The average Bonchev–Trinajstić information content (AvgIpc) is 2.66. The molecule has 0 fully saturated rings. The van der Waals surface area contributed by atoms with Crippen LogP contribution in [0.3, 0.4) is 0 Å². The largest absolute Gasteiger partial charge is 0.416 e. The summed E-state index contributed by atoms with van der Waals surface area (Å²) in [7, 11) is 0. The number of aromatic nitrogens is 2. The van der Waals surface area contributed by atoms with Crippen LogP contribution in [0, 0.1) is 13.8 Å². The van der Waals surface area contributed by atoms with Crippen molar-refractivity contribution in [3.05, 3.63) is 45.2 Å². The molecule has 0 bridgehead atoms. The van der Waals surface area contributed by atoms with E-state index in [1.54, 1.807) is 13.8 Å². The molecule has 0 saturated carbocycles. The van der Waals surface area contributed by atoms with Crippen molar-refractivity contribution < 1.29 is 13.2 Å². The van der Waals surface area contributed by atoms with Crippen LogP contribution in [0.25, 0.3) is 0 Å². The standard InChI is InChI=1S/C12H12F3N3S/c1-6-11(19-7(2)18-6)10(16)8-5-17-4-3-9(8)12(13,14)15/h3-5,10H,16H2,1-2H3. The van der Waals surface area contributed by atoms with Crippen molar-refractivity contribution in [2.75, 3.05) is 0 Å². The first-order valence-electron chi connectivity index (χ1n) is 5.51. The van der Waals surface area contributed by atoms with Crippen LogP contribution in [0.2, 0.25) is 0 Å². The highest BCUT2D eigenvalue weighted by Gasteiger charge is 2.35. The van der Waals surface area contributed by atoms with E-state index in [0.29, 0.717) is 10.6 Å². The molecular formula is C12H12F3N3S. The topological polar surface area (TPSA) is 51.8 Å². The Bertz CT molecular complexity index is 592. The van der Waals surface area contributed by atoms with Gasteiger partial charge < -0.3 is 5.73 Å². The van der Waals surface area contributed by atoms with Crippen LogP contribution in [0.15, 0.2) is 18.5 Å². The van der Waals surface area contributed by atoms with Crippen molar-refractivity contribution in [2.45, 2.75) is 26.1 Å². The van der Waals surface area contributed by atoms with Gasteiger partial charge in [-0.3, -0.25) is 4.98 Å². The van der Waals surface area contributed by atoms with Gasteiger partial charge in [-0.2, -0.15) is 13.2 Å². The maximum Gasteiger partial charge on any atom is 0.416 e. The van der Waals surface area contributed by atoms with Gasteiger partial charge in [0, 0.05) is 22.8 Å². The van der Waals surface area contributed by atoms with E-state index in [1.165, 1.54) is 17.5 Å². The van der Waals surface area contributed by atoms with Gasteiger partial charge in [0.2, 0.25) is 0 Å². The van der Waals surface area contributed by atoms with Gasteiger partial charge in [-0.25, -0.2) is 4.98 Å². The molecule has 2 N–H and O–H groups in total. The van der Waals surface area contributed by atoms with Crippen LogP contribution in [0.5, 0.6) is 0 Å². The Balaban J connectivity index is 2.50. The molecule has 0 saturated heterocycles. The molecule has 2 heterocycles. The number of nitrogens with zero attached hydrogens (tertiary/aromatic N) is 2. The van der Waals surface area contributed by atoms with Crippen LogP contribution in [0.1, 0.15) is 32.7 Å². The Labute approximate surface area is 112 Å². The lowest BCUT2D eigenvalue weighted by Gasteiger charge is -2.17. The van der Waals surface area contributed by atoms with E-state index in [2.05, 4.69) is 9.97 Å². The van der Waals surface area contributed by atoms with Crippen molar-refractivity contribution in [2.24, 2.45) is 5.73 Å². The van der Waals surface area contributed by atoms with Crippen molar-refractivity contribution >= 4 is 11.3 Å². The molecule has 0 aliphatic carbocycles. The number of rotatable bonds is 2. The van der Waals surface area contributed by atoms with Crippen LogP contribution in [-0.4, -0.2) is 9.97 Å². The van der Waals surface area contributed by atoms with Crippen LogP contribution >= 0.6 is 11.3 Å². The first-order chi connectivity index (χ1) is 8.80. The lowest BCUT2D eigenvalue weighted by atomic mass is 10.0. The minimum atomic E-state index is -4.44. The highest BCUT2D eigenvalue weighted by molar-refractivity contribution is 7.11. The van der Waals surface area contributed by atoms with Crippen LogP contribution in [-0.2, 0) is 6.18 Å². The van der Waals surface area contributed by atoms with Gasteiger partial charge in [-0.15, -0.1) is 11.3 Å². The number of halogens is 3. The van der Waals surface area contributed by atoms with E-state index in [4.69, 9.17) is 5.73 Å². The zero-order valence-corrected chi connectivity index (χ0v) is 11.1. The average molecular weight is 287 g/mol. The summed E-state index contributed by atoms with van der Waals surface area (Å²) in [6, 6.07) is 0.0785. The summed E-state index contributed by atoms with van der Waals surface area (Å²) in [5.74, 6) is 0. The van der Waals surface area contributed by atoms with E-state index >= 15 is 0 Å². The van der Waals surface area contributed by atoms with Crippen LogP contribution in [0.4, 0.5) is 13.2 Å². The first kappa shape index (κ1) is 14.0. The number of thiazole rings is 1. The predicted octanol–water partition coefficient (Wildman–Crippen LogP) is 3.22. The van der Waals surface area contributed by atoms with E-state index in [1.807, 2.05) is 0 Å². The highest BCUT2D eigenvalue weighted by atomic mass is 32.1. The summed E-state index contributed by atoms with van der Waals surface area (Å²) in [6.07, 6.45) is -2.16. The third kappa shape index (κ3) is 2.76. The highest BCUT2D eigenvalue weighted by Crippen LogP contribution is 2.37. The van der Waals surface area contributed by atoms with E-state index in [-0.39, 0.29) is 5.56 Å². The van der Waals surface area contributed by atoms with Crippen molar-refractivity contribution in [1.82, 2.24) is 9.97 Å². The van der Waals surface area contributed by atoms with E-state index < -0.39 is 17.8 Å². The Morgan fingerprint density at radius 2 is 2.00 bits per heavy atom. The monoisotopic (exact) mass is 287 g/mol. The predicted molar refractivity (Wildman–Crippen MR) is 66.9 cm³/mol. The lowest BCUT2D eigenvalue weighted by molar-refractivity contribution is -0.138. The van der Waals surface area contributed by atoms with E-state index in [0.717, 1.165) is 17.3 Å². The Morgan fingerprint density at radius 3 is 2.53 bits per heavy atom. The Hall–Kier alpha value is -1.47. The molecule has 0 amide bonds. The molecule has 102 valence electrons. The second kappa shape index (κ2) is 4.90. The van der Waals surface area contributed by atoms with Gasteiger partial charge in [-0.05, 0) is 19.9 Å². The quantitative estimate of drug-likeness (QED) is 0.922. The van der Waals surface area contributed by atoms with Gasteiger partial charge >= 0.3 is 6.18 Å². The molecule has 7 heteroatoms. The van der Waals surface area contributed by atoms with Crippen molar-refractivity contribution in [3.63, 3.8) is 0 Å². The van der Waals surface area contributed by atoms with Crippen molar-refractivity contribution in [3.8, 4) is 0 Å². The maximum atomic E-state index is 12.9. The number of pyridine rings is 1. The van der Waals surface area contributed by atoms with Gasteiger partial charge in [0.1, 0.15) is 0 Å². The van der Waals surface area contributed by atoms with Gasteiger partial charge in [-0.1, -0.05) is 0 Å². The van der Waals surface area contributed by atoms with Gasteiger partial charge in [0.05, 0.1) is 22.3 Å². The molecule has 2 rings (SSSR count). The maximum absolute atomic E-state index is 12.9. The minimum Gasteiger partial charge on any atom is -0.319 e. The second-order valence-corrected chi connectivity index (χ2v) is 5.36. The molecule has 0 radical (unpaired) electrons. The second-order valence-electron chi connectivity index (χ2n) is 4.12. The summed E-state index contributed by atoms with van der Waals surface area (Å²) < 4.78 is 38.8. The normalized spacial score (nSPS) is 13.6. The number of nitrogens with two attached hydrogens (primary N) is 1. The molecule has 0 aliphatic heterocycles. The molecule has 0 spiro atoms. The molecule has 2 aromatic rings. The third-order valence-corrected chi connectivity index (χ3v) is 3.87. The van der Waals surface area contributed by atoms with Gasteiger partial charge in [0.25, 0.3) is 0 Å². The summed E-state index contributed by atoms with van der Waals surface area (Å²) in [5, 5.41) is 0.778. The molecule has 0 aliphatic rings. The summed E-state index contributed by atoms with van der Waals surface area (Å²) >= 11 is 1.31. The summed E-state index contributed by atoms with van der Waals surface area (Å²) in [5.41, 5.74) is 5.84. The molecule has 2 aromatic heterocycles. The zero-order valence-electron chi connectivity index (χ0n) is 10.3. The first-order valence-corrected chi connectivity index (χ1v) is 6.33. The molecule has 0 aromatic carbocycles. The van der Waals surface area contributed by atoms with Crippen LogP contribution < -0.4 is 5.73 Å². The number of alkyl halides is 3. The Kier molecular flexibility index (Phi) is 3.60. The summed E-state index contributed by atoms with van der Waals surface area (Å²) in [4.78, 5) is 8.57. The molecule has 3 nitrogen and oxygen atoms in total. The fourth-order valence-electron chi connectivity index (χ4n) is 1.89. The number of hydrogen-bond donors (Lipinski definition) is 1. The van der Waals surface area contributed by atoms with E-state index in [9.17, 15) is 13.2 Å². The molecule has 19 heavy (non-hydrogen) atoms. The number of aryl methyl sites for hydroxylation is 2.